The molecular formula is C29H35N3O11S. The van der Waals surface area contributed by atoms with Gasteiger partial charge in [-0.3, -0.25) is 24.1 Å². The van der Waals surface area contributed by atoms with Crippen LogP contribution in [0.1, 0.15) is 52.2 Å². The molecule has 0 aliphatic carbocycles. The highest BCUT2D eigenvalue weighted by Gasteiger charge is 2.57. The first-order valence-corrected chi connectivity index (χ1v) is 14.9. The Morgan fingerprint density at radius 2 is 1.86 bits per heavy atom. The zero-order valence-electron chi connectivity index (χ0n) is 25.1. The molecule has 3 heterocycles. The lowest BCUT2D eigenvalue weighted by Gasteiger charge is -2.50. The molecule has 2 amide bonds. The van der Waals surface area contributed by atoms with Crippen molar-refractivity contribution in [2.24, 2.45) is 5.73 Å². The summed E-state index contributed by atoms with van der Waals surface area (Å²) in [6, 6.07) is 3.56. The number of nitrogens with zero attached hydrogens (tertiary/aromatic N) is 1. The van der Waals surface area contributed by atoms with Crippen molar-refractivity contribution in [1.29, 1.82) is 0 Å². The minimum Gasteiger partial charge on any atom is -0.493 e. The number of carbonyl (C=O) groups is 6. The van der Waals surface area contributed by atoms with Crippen LogP contribution in [0.2, 0.25) is 0 Å². The van der Waals surface area contributed by atoms with Crippen LogP contribution in [0.15, 0.2) is 29.5 Å². The van der Waals surface area contributed by atoms with Crippen LogP contribution in [-0.2, 0) is 59.7 Å². The van der Waals surface area contributed by atoms with Crippen molar-refractivity contribution in [3.8, 4) is 5.75 Å². The molecule has 3 atom stereocenters. The minimum absolute atomic E-state index is 0.0633. The first-order valence-electron chi connectivity index (χ1n) is 13.9. The molecule has 3 N–H and O–H groups in total. The predicted molar refractivity (Wildman–Crippen MR) is 153 cm³/mol. The van der Waals surface area contributed by atoms with Crippen molar-refractivity contribution < 1.29 is 52.5 Å². The summed E-state index contributed by atoms with van der Waals surface area (Å²) in [5.41, 5.74) is 4.28. The van der Waals surface area contributed by atoms with E-state index < -0.39 is 65.0 Å². The van der Waals surface area contributed by atoms with E-state index in [9.17, 15) is 28.8 Å². The van der Waals surface area contributed by atoms with E-state index in [2.05, 4.69) is 5.32 Å². The van der Waals surface area contributed by atoms with Crippen molar-refractivity contribution in [1.82, 2.24) is 10.2 Å². The van der Waals surface area contributed by atoms with Crippen molar-refractivity contribution in [3.63, 3.8) is 0 Å². The fraction of sp³-hybridized carbons (Fsp3) is 0.517. The van der Waals surface area contributed by atoms with Gasteiger partial charge >= 0.3 is 23.9 Å². The van der Waals surface area contributed by atoms with E-state index in [1.807, 2.05) is 0 Å². The third-order valence-electron chi connectivity index (χ3n) is 6.90. The Labute approximate surface area is 257 Å². The molecule has 0 saturated carbocycles. The van der Waals surface area contributed by atoms with E-state index in [1.54, 1.807) is 39.8 Å². The second kappa shape index (κ2) is 12.9. The van der Waals surface area contributed by atoms with Gasteiger partial charge in [-0.1, -0.05) is 13.0 Å². The van der Waals surface area contributed by atoms with Crippen molar-refractivity contribution >= 4 is 47.5 Å². The number of ether oxygens (including phenoxy) is 5. The lowest BCUT2D eigenvalue weighted by Crippen LogP contribution is -2.73. The van der Waals surface area contributed by atoms with Gasteiger partial charge in [0.25, 0.3) is 11.8 Å². The van der Waals surface area contributed by atoms with Crippen LogP contribution in [0, 0.1) is 0 Å². The molecule has 3 aliphatic heterocycles. The van der Waals surface area contributed by atoms with Gasteiger partial charge < -0.3 is 34.7 Å². The maximum Gasteiger partial charge on any atom is 0.358 e. The highest BCUT2D eigenvalue weighted by atomic mass is 32.2. The molecule has 15 heteroatoms. The molecule has 0 bridgehead atoms. The Morgan fingerprint density at radius 1 is 1.14 bits per heavy atom. The maximum atomic E-state index is 13.8. The number of nitrogens with one attached hydrogen (secondary N) is 1. The minimum atomic E-state index is -2.33. The number of esters is 4. The molecule has 0 radical (unpaired) electrons. The molecule has 4 rings (SSSR count). The second-order valence-electron chi connectivity index (χ2n) is 11.2. The standard InChI is InChI=1S/C29H35N3O11S/c1-6-20(34)41-14-42-25(36)22-17(12-40-15(2)33)13-44-24-21(23(35)32(22)24)31-26(37)29(30,27(38)43-28(3,4)5)18-7-8-19-16(11-18)9-10-39-19/h7-8,11,21,24H,6,9-10,12-14,30H2,1-5H3,(H,31,37). The van der Waals surface area contributed by atoms with Gasteiger partial charge in [0, 0.05) is 31.1 Å². The van der Waals surface area contributed by atoms with Crippen LogP contribution in [0.3, 0.4) is 0 Å². The number of rotatable bonds is 10. The summed E-state index contributed by atoms with van der Waals surface area (Å²) in [5, 5.41) is 1.80. The highest BCUT2D eigenvalue weighted by Crippen LogP contribution is 2.41. The molecule has 14 nitrogen and oxygen atoms in total. The van der Waals surface area contributed by atoms with Gasteiger partial charge in [0.1, 0.15) is 35.1 Å². The molecule has 0 spiro atoms. The number of fused-ring (bicyclic) bond motifs is 2. The monoisotopic (exact) mass is 633 g/mol. The number of nitrogens with two attached hydrogens (primary N) is 1. The Hall–Kier alpha value is -4.11. The summed E-state index contributed by atoms with van der Waals surface area (Å²) in [5.74, 6) is -4.12. The number of hydrogen-bond acceptors (Lipinski definition) is 13. The van der Waals surface area contributed by atoms with Crippen LogP contribution < -0.4 is 15.8 Å². The predicted octanol–water partition coefficient (Wildman–Crippen LogP) is 0.788. The first kappa shape index (κ1) is 32.8. The number of β-lactam (4-membered cyclic amide) rings is 1. The number of amides is 2. The molecule has 0 aromatic heterocycles. The summed E-state index contributed by atoms with van der Waals surface area (Å²) < 4.78 is 26.0. The fourth-order valence-corrected chi connectivity index (χ4v) is 6.01. The largest absolute Gasteiger partial charge is 0.493 e. The van der Waals surface area contributed by atoms with Gasteiger partial charge in [-0.05, 0) is 44.0 Å². The molecule has 1 saturated heterocycles. The van der Waals surface area contributed by atoms with E-state index in [0.717, 1.165) is 10.5 Å². The number of thioether (sulfide) groups is 1. The van der Waals surface area contributed by atoms with Gasteiger partial charge in [-0.2, -0.15) is 0 Å². The van der Waals surface area contributed by atoms with Crippen molar-refractivity contribution in [2.45, 2.75) is 70.0 Å². The number of hydrogen-bond donors (Lipinski definition) is 2. The summed E-state index contributed by atoms with van der Waals surface area (Å²) in [6.07, 6.45) is 0.621. The Kier molecular flexibility index (Phi) is 9.59. The van der Waals surface area contributed by atoms with Gasteiger partial charge in [0.2, 0.25) is 12.3 Å². The molecule has 238 valence electrons. The normalized spacial score (nSPS) is 20.2. The number of benzene rings is 1. The quantitative estimate of drug-likeness (QED) is 0.121. The van der Waals surface area contributed by atoms with Gasteiger partial charge in [-0.15, -0.1) is 11.8 Å². The van der Waals surface area contributed by atoms with Crippen LogP contribution in [0.4, 0.5) is 0 Å². The molecular weight excluding hydrogens is 598 g/mol. The fourth-order valence-electron chi connectivity index (χ4n) is 4.68. The average Bonchev–Trinajstić information content (AvgIpc) is 3.44. The van der Waals surface area contributed by atoms with E-state index in [4.69, 9.17) is 29.4 Å². The topological polar surface area (TPSA) is 190 Å². The zero-order chi connectivity index (χ0) is 32.4. The van der Waals surface area contributed by atoms with Crippen molar-refractivity contribution in [3.05, 3.63) is 40.6 Å². The third kappa shape index (κ3) is 6.68. The summed E-state index contributed by atoms with van der Waals surface area (Å²) in [7, 11) is 0. The highest BCUT2D eigenvalue weighted by molar-refractivity contribution is 8.00. The lowest BCUT2D eigenvalue weighted by molar-refractivity contribution is -0.168. The van der Waals surface area contributed by atoms with Crippen LogP contribution in [0.25, 0.3) is 0 Å². The molecule has 1 aromatic carbocycles. The van der Waals surface area contributed by atoms with Gasteiger partial charge in [-0.25, -0.2) is 9.59 Å². The maximum absolute atomic E-state index is 13.8. The van der Waals surface area contributed by atoms with Gasteiger partial charge in [0.15, 0.2) is 0 Å². The Morgan fingerprint density at radius 3 is 2.52 bits per heavy atom. The zero-order valence-corrected chi connectivity index (χ0v) is 25.9. The van der Waals surface area contributed by atoms with E-state index >= 15 is 0 Å². The Balaban J connectivity index is 1.59. The molecule has 3 unspecified atom stereocenters. The van der Waals surface area contributed by atoms with Crippen LogP contribution in [0.5, 0.6) is 5.75 Å². The SMILES string of the molecule is CCC(=O)OCOC(=O)C1=C(COC(C)=O)CSC2C(NC(=O)C(N)(C(=O)OC(C)(C)C)c3ccc4c(c3)CCO4)C(=O)N12. The van der Waals surface area contributed by atoms with Crippen LogP contribution in [-0.4, -0.2) is 83.4 Å². The summed E-state index contributed by atoms with van der Waals surface area (Å²) in [6.45, 7) is 7.13. The average molecular weight is 634 g/mol. The molecule has 3 aliphatic rings. The second-order valence-corrected chi connectivity index (χ2v) is 12.3. The first-order chi connectivity index (χ1) is 20.7. The van der Waals surface area contributed by atoms with E-state index in [-0.39, 0.29) is 35.6 Å². The van der Waals surface area contributed by atoms with Gasteiger partial charge in [0.05, 0.1) is 6.61 Å². The molecule has 44 heavy (non-hydrogen) atoms. The van der Waals surface area contributed by atoms with E-state index in [1.165, 1.54) is 24.8 Å². The van der Waals surface area contributed by atoms with Crippen LogP contribution >= 0.6 is 11.8 Å². The molecule has 1 fully saturated rings. The summed E-state index contributed by atoms with van der Waals surface area (Å²) >= 11 is 1.20. The number of carbonyl (C=O) groups excluding carboxylic acids is 6. The Bertz CT molecular complexity index is 1420. The third-order valence-corrected chi connectivity index (χ3v) is 8.24. The summed E-state index contributed by atoms with van der Waals surface area (Å²) in [4.78, 5) is 77.9. The van der Waals surface area contributed by atoms with E-state index in [0.29, 0.717) is 18.8 Å². The molecule has 1 aromatic rings. The smallest absolute Gasteiger partial charge is 0.358 e. The lowest BCUT2D eigenvalue weighted by atomic mass is 9.87. The van der Waals surface area contributed by atoms with Crippen molar-refractivity contribution in [2.75, 3.05) is 25.8 Å².